The Morgan fingerprint density at radius 3 is 2.86 bits per heavy atom. The predicted octanol–water partition coefficient (Wildman–Crippen LogP) is 2.95. The maximum Gasteiger partial charge on any atom is 0.258 e. The van der Waals surface area contributed by atoms with E-state index in [2.05, 4.69) is 33.0 Å². The van der Waals surface area contributed by atoms with Crippen molar-refractivity contribution in [3.05, 3.63) is 28.0 Å². The lowest BCUT2D eigenvalue weighted by atomic mass is 10.2. The van der Waals surface area contributed by atoms with Crippen LogP contribution in [-0.4, -0.2) is 22.9 Å². The molecule has 7 heteroatoms. The number of carbonyl (C=O) groups is 1. The normalized spacial score (nSPS) is 10.9. The molecule has 2 aromatic heterocycles. The molecule has 0 unspecified atom stereocenters. The quantitative estimate of drug-likeness (QED) is 0.857. The summed E-state index contributed by atoms with van der Waals surface area (Å²) in [4.78, 5) is 15.7. The van der Waals surface area contributed by atoms with E-state index < -0.39 is 0 Å². The Hall–Kier alpha value is -1.60. The van der Waals surface area contributed by atoms with Gasteiger partial charge >= 0.3 is 0 Å². The molecule has 5 nitrogen and oxygen atoms in total. The molecule has 3 N–H and O–H groups in total. The summed E-state index contributed by atoms with van der Waals surface area (Å²) in [6.07, 6.45) is 0. The first kappa shape index (κ1) is 15.8. The van der Waals surface area contributed by atoms with Crippen LogP contribution >= 0.6 is 22.9 Å². The van der Waals surface area contributed by atoms with Crippen LogP contribution in [0.15, 0.2) is 17.5 Å². The highest BCUT2D eigenvalue weighted by atomic mass is 32.1. The number of amides is 1. The zero-order valence-electron chi connectivity index (χ0n) is 12.4. The second-order valence-corrected chi connectivity index (χ2v) is 6.75. The van der Waals surface area contributed by atoms with Gasteiger partial charge in [-0.3, -0.25) is 4.79 Å². The molecule has 0 aliphatic rings. The third-order valence-electron chi connectivity index (χ3n) is 2.94. The largest absolute Gasteiger partial charge is 0.382 e. The van der Waals surface area contributed by atoms with Crippen molar-refractivity contribution in [3.63, 3.8) is 0 Å². The van der Waals surface area contributed by atoms with Crippen LogP contribution in [0.3, 0.4) is 0 Å². The summed E-state index contributed by atoms with van der Waals surface area (Å²) >= 11 is 2.98. The van der Waals surface area contributed by atoms with Crippen LogP contribution in [0.2, 0.25) is 0 Å². The minimum absolute atomic E-state index is 0.0667. The van der Waals surface area contributed by atoms with Gasteiger partial charge in [0.05, 0.1) is 6.54 Å². The zero-order chi connectivity index (χ0) is 15.4. The fourth-order valence-electron chi connectivity index (χ4n) is 1.97. The molecule has 0 aliphatic carbocycles. The predicted molar refractivity (Wildman–Crippen MR) is 90.2 cm³/mol. The first-order valence-corrected chi connectivity index (χ1v) is 8.51. The summed E-state index contributed by atoms with van der Waals surface area (Å²) in [6, 6.07) is 4.18. The number of nitrogens with zero attached hydrogens (tertiary/aromatic N) is 2. The van der Waals surface area contributed by atoms with E-state index in [0.717, 1.165) is 18.1 Å². The van der Waals surface area contributed by atoms with Crippen LogP contribution in [0, 0.1) is 0 Å². The minimum atomic E-state index is -0.157. The van der Waals surface area contributed by atoms with Gasteiger partial charge in [0.15, 0.2) is 5.82 Å². The van der Waals surface area contributed by atoms with Crippen molar-refractivity contribution in [2.75, 3.05) is 17.2 Å². The molecule has 0 aromatic carbocycles. The molecule has 0 bridgehead atoms. The van der Waals surface area contributed by atoms with Crippen molar-refractivity contribution < 1.29 is 4.79 Å². The summed E-state index contributed by atoms with van der Waals surface area (Å²) in [5, 5.41) is 5.77. The summed E-state index contributed by atoms with van der Waals surface area (Å²) in [5.41, 5.74) is 6.39. The van der Waals surface area contributed by atoms with Gasteiger partial charge in [-0.2, -0.15) is 4.37 Å². The van der Waals surface area contributed by atoms with Gasteiger partial charge in [0, 0.05) is 17.5 Å². The third kappa shape index (κ3) is 3.74. The van der Waals surface area contributed by atoms with Crippen LogP contribution in [0.25, 0.3) is 0 Å². The number of thiophene rings is 1. The van der Waals surface area contributed by atoms with Crippen LogP contribution in [0.1, 0.15) is 36.0 Å². The number of hydrogen-bond acceptors (Lipinski definition) is 6. The molecule has 1 amide bonds. The van der Waals surface area contributed by atoms with Crippen LogP contribution < -0.4 is 16.0 Å². The molecular weight excluding hydrogens is 304 g/mol. The van der Waals surface area contributed by atoms with Gasteiger partial charge in [-0.25, -0.2) is 0 Å². The number of aromatic nitrogens is 1. The second kappa shape index (κ2) is 6.91. The molecule has 2 heterocycles. The summed E-state index contributed by atoms with van der Waals surface area (Å²) in [7, 11) is 0. The van der Waals surface area contributed by atoms with Gasteiger partial charge in [0.25, 0.3) is 5.91 Å². The van der Waals surface area contributed by atoms with Gasteiger partial charge in [-0.05, 0) is 43.8 Å². The van der Waals surface area contributed by atoms with Crippen LogP contribution in [-0.2, 0) is 6.54 Å². The highest BCUT2D eigenvalue weighted by molar-refractivity contribution is 7.11. The van der Waals surface area contributed by atoms with Crippen LogP contribution in [0.4, 0.5) is 10.8 Å². The Bertz CT molecular complexity index is 592. The number of rotatable bonds is 6. The number of nitrogens with one attached hydrogen (secondary N) is 1. The maximum absolute atomic E-state index is 12.3. The number of hydrogen-bond donors (Lipinski definition) is 2. The summed E-state index contributed by atoms with van der Waals surface area (Å²) in [5.74, 6) is 0.147. The molecule has 0 spiro atoms. The van der Waals surface area contributed by atoms with Gasteiger partial charge < -0.3 is 16.0 Å². The molecule has 0 saturated carbocycles. The minimum Gasteiger partial charge on any atom is -0.382 e. The summed E-state index contributed by atoms with van der Waals surface area (Å²) in [6.45, 7) is 7.47. The zero-order valence-corrected chi connectivity index (χ0v) is 14.1. The highest BCUT2D eigenvalue weighted by Crippen LogP contribution is 2.32. The molecule has 0 aliphatic heterocycles. The Labute approximate surface area is 132 Å². The maximum atomic E-state index is 12.3. The van der Waals surface area contributed by atoms with Gasteiger partial charge in [0.2, 0.25) is 0 Å². The Morgan fingerprint density at radius 1 is 1.52 bits per heavy atom. The van der Waals surface area contributed by atoms with Crippen molar-refractivity contribution in [1.82, 2.24) is 9.69 Å². The van der Waals surface area contributed by atoms with Crippen molar-refractivity contribution in [1.29, 1.82) is 0 Å². The molecule has 114 valence electrons. The van der Waals surface area contributed by atoms with Gasteiger partial charge in [-0.15, -0.1) is 11.3 Å². The molecule has 0 fully saturated rings. The Morgan fingerprint density at radius 2 is 2.29 bits per heavy atom. The van der Waals surface area contributed by atoms with E-state index in [4.69, 9.17) is 5.73 Å². The molecule has 2 aromatic rings. The number of carbonyl (C=O) groups excluding carboxylic acids is 1. The monoisotopic (exact) mass is 324 g/mol. The Balaban J connectivity index is 2.27. The standard InChI is InChI=1S/C14H20N4OS2/c1-4-18(8-10-6-5-7-20-10)14-11(12(15)17-21-14)13(19)16-9(2)3/h5-7,9H,4,8H2,1-3H3,(H2,15,17)(H,16,19). The molecule has 0 atom stereocenters. The molecule has 0 saturated heterocycles. The van der Waals surface area contributed by atoms with Gasteiger partial charge in [0.1, 0.15) is 10.6 Å². The van der Waals surface area contributed by atoms with Crippen LogP contribution in [0.5, 0.6) is 0 Å². The van der Waals surface area contributed by atoms with E-state index in [9.17, 15) is 4.79 Å². The lowest BCUT2D eigenvalue weighted by Gasteiger charge is -2.21. The van der Waals surface area contributed by atoms with Crippen molar-refractivity contribution in [2.24, 2.45) is 0 Å². The number of nitrogen functional groups attached to an aromatic ring is 1. The Kier molecular flexibility index (Phi) is 5.19. The average Bonchev–Trinajstić information content (AvgIpc) is 3.04. The molecular formula is C14H20N4OS2. The molecule has 2 rings (SSSR count). The molecule has 21 heavy (non-hydrogen) atoms. The summed E-state index contributed by atoms with van der Waals surface area (Å²) < 4.78 is 4.16. The van der Waals surface area contributed by atoms with E-state index >= 15 is 0 Å². The van der Waals surface area contributed by atoms with E-state index in [1.807, 2.05) is 19.9 Å². The fourth-order valence-corrected chi connectivity index (χ4v) is 3.57. The number of anilines is 2. The fraction of sp³-hybridized carbons (Fsp3) is 0.429. The molecule has 0 radical (unpaired) electrons. The lowest BCUT2D eigenvalue weighted by molar-refractivity contribution is 0.0944. The number of nitrogens with two attached hydrogens (primary N) is 1. The first-order valence-electron chi connectivity index (χ1n) is 6.86. The van der Waals surface area contributed by atoms with E-state index in [1.54, 1.807) is 11.3 Å². The SMILES string of the molecule is CCN(Cc1cccs1)c1snc(N)c1C(=O)NC(C)C. The van der Waals surface area contributed by atoms with Crippen molar-refractivity contribution >= 4 is 39.6 Å². The van der Waals surface area contributed by atoms with E-state index in [1.165, 1.54) is 16.4 Å². The highest BCUT2D eigenvalue weighted by Gasteiger charge is 2.23. The van der Waals surface area contributed by atoms with E-state index in [-0.39, 0.29) is 11.9 Å². The van der Waals surface area contributed by atoms with Crippen molar-refractivity contribution in [2.45, 2.75) is 33.4 Å². The second-order valence-electron chi connectivity index (χ2n) is 4.97. The third-order valence-corrected chi connectivity index (χ3v) is 4.73. The topological polar surface area (TPSA) is 71.2 Å². The van der Waals surface area contributed by atoms with Crippen molar-refractivity contribution in [3.8, 4) is 0 Å². The smallest absolute Gasteiger partial charge is 0.258 e. The lowest BCUT2D eigenvalue weighted by Crippen LogP contribution is -2.32. The first-order chi connectivity index (χ1) is 10.0. The van der Waals surface area contributed by atoms with Gasteiger partial charge in [-0.1, -0.05) is 6.07 Å². The van der Waals surface area contributed by atoms with E-state index in [0.29, 0.717) is 11.4 Å². The average molecular weight is 324 g/mol.